The summed E-state index contributed by atoms with van der Waals surface area (Å²) < 4.78 is 33.4. The molecule has 0 bridgehead atoms. The van der Waals surface area contributed by atoms with Crippen molar-refractivity contribution >= 4 is 33.1 Å². The summed E-state index contributed by atoms with van der Waals surface area (Å²) in [7, 11) is 1.29. The molecule has 2 aromatic carbocycles. The molecule has 31 heavy (non-hydrogen) atoms. The van der Waals surface area contributed by atoms with Crippen molar-refractivity contribution in [3.63, 3.8) is 0 Å². The average molecular weight is 442 g/mol. The number of carbonyl (C=O) groups is 1. The maximum atomic E-state index is 12.9. The van der Waals surface area contributed by atoms with Gasteiger partial charge in [0.25, 0.3) is 15.9 Å². The lowest BCUT2D eigenvalue weighted by Gasteiger charge is -2.13. The number of rotatable bonds is 7. The standard InChI is InChI=1S/C21H23N5O4S/c1-14-5-6-16(22-21(27)18-11-12-20(24-23-18)26(2)3)13-19(14)31(28,29)25-15-7-9-17(30-4)10-8-15/h5-13,25H,1-4H3,(H,22,27). The Bertz CT molecular complexity index is 1180. The van der Waals surface area contributed by atoms with Crippen molar-refractivity contribution in [1.82, 2.24) is 10.2 Å². The van der Waals surface area contributed by atoms with Crippen molar-refractivity contribution in [2.75, 3.05) is 36.1 Å². The van der Waals surface area contributed by atoms with Gasteiger partial charge >= 0.3 is 0 Å². The molecule has 0 aliphatic carbocycles. The number of carbonyl (C=O) groups excluding carboxylic acids is 1. The van der Waals surface area contributed by atoms with Gasteiger partial charge in [-0.2, -0.15) is 0 Å². The van der Waals surface area contributed by atoms with Crippen molar-refractivity contribution in [2.45, 2.75) is 11.8 Å². The molecular formula is C21H23N5O4S. The van der Waals surface area contributed by atoms with Gasteiger partial charge in [0.1, 0.15) is 5.75 Å². The van der Waals surface area contributed by atoms with Crippen LogP contribution in [0.25, 0.3) is 0 Å². The molecule has 0 saturated carbocycles. The highest BCUT2D eigenvalue weighted by atomic mass is 32.2. The second kappa shape index (κ2) is 9.00. The molecule has 1 aromatic heterocycles. The van der Waals surface area contributed by atoms with Gasteiger partial charge in [0, 0.05) is 25.5 Å². The summed E-state index contributed by atoms with van der Waals surface area (Å²) in [6, 6.07) is 14.4. The first kappa shape index (κ1) is 22.0. The lowest BCUT2D eigenvalue weighted by atomic mass is 10.2. The first-order valence-electron chi connectivity index (χ1n) is 9.29. The van der Waals surface area contributed by atoms with E-state index in [1.54, 1.807) is 60.4 Å². The summed E-state index contributed by atoms with van der Waals surface area (Å²) in [6.45, 7) is 1.68. The predicted octanol–water partition coefficient (Wildman–Crippen LogP) is 2.91. The Morgan fingerprint density at radius 1 is 0.968 bits per heavy atom. The smallest absolute Gasteiger partial charge is 0.276 e. The number of aryl methyl sites for hydroxylation is 1. The zero-order chi connectivity index (χ0) is 22.6. The van der Waals surface area contributed by atoms with E-state index < -0.39 is 15.9 Å². The molecule has 0 fully saturated rings. The van der Waals surface area contributed by atoms with E-state index in [-0.39, 0.29) is 10.6 Å². The van der Waals surface area contributed by atoms with E-state index in [0.717, 1.165) is 0 Å². The van der Waals surface area contributed by atoms with Crippen LogP contribution in [0, 0.1) is 6.92 Å². The van der Waals surface area contributed by atoms with Gasteiger partial charge in [-0.1, -0.05) is 6.07 Å². The van der Waals surface area contributed by atoms with Crippen molar-refractivity contribution in [3.8, 4) is 5.75 Å². The number of methoxy groups -OCH3 is 1. The van der Waals surface area contributed by atoms with Gasteiger partial charge in [0.15, 0.2) is 11.5 Å². The Kier molecular flexibility index (Phi) is 6.40. The molecule has 0 aliphatic rings. The highest BCUT2D eigenvalue weighted by molar-refractivity contribution is 7.92. The minimum atomic E-state index is -3.88. The molecule has 162 valence electrons. The lowest BCUT2D eigenvalue weighted by Crippen LogP contribution is -2.18. The highest BCUT2D eigenvalue weighted by Gasteiger charge is 2.19. The summed E-state index contributed by atoms with van der Waals surface area (Å²) in [4.78, 5) is 14.3. The average Bonchev–Trinajstić information content (AvgIpc) is 2.75. The molecule has 2 N–H and O–H groups in total. The molecule has 0 saturated heterocycles. The number of anilines is 3. The Hall–Kier alpha value is -3.66. The van der Waals surface area contributed by atoms with Crippen molar-refractivity contribution in [3.05, 3.63) is 65.9 Å². The van der Waals surface area contributed by atoms with Crippen LogP contribution in [0.1, 0.15) is 16.1 Å². The number of aromatic nitrogens is 2. The molecule has 0 radical (unpaired) electrons. The molecule has 0 spiro atoms. The third-order valence-electron chi connectivity index (χ3n) is 4.42. The van der Waals surface area contributed by atoms with Gasteiger partial charge in [0.05, 0.1) is 12.0 Å². The van der Waals surface area contributed by atoms with Crippen LogP contribution in [-0.4, -0.2) is 45.7 Å². The fourth-order valence-corrected chi connectivity index (χ4v) is 4.05. The largest absolute Gasteiger partial charge is 0.497 e. The van der Waals surface area contributed by atoms with Gasteiger partial charge < -0.3 is 15.0 Å². The van der Waals surface area contributed by atoms with Crippen LogP contribution in [0.3, 0.4) is 0 Å². The monoisotopic (exact) mass is 441 g/mol. The van der Waals surface area contributed by atoms with Crippen LogP contribution in [-0.2, 0) is 10.0 Å². The van der Waals surface area contributed by atoms with Crippen molar-refractivity contribution in [1.29, 1.82) is 0 Å². The highest BCUT2D eigenvalue weighted by Crippen LogP contribution is 2.24. The number of hydrogen-bond donors (Lipinski definition) is 2. The van der Waals surface area contributed by atoms with Crippen LogP contribution in [0.5, 0.6) is 5.75 Å². The summed E-state index contributed by atoms with van der Waals surface area (Å²) in [5.41, 5.74) is 1.37. The van der Waals surface area contributed by atoms with Crippen LogP contribution in [0.2, 0.25) is 0 Å². The maximum Gasteiger partial charge on any atom is 0.276 e. The quantitative estimate of drug-likeness (QED) is 0.579. The van der Waals surface area contributed by atoms with E-state index in [0.29, 0.717) is 28.5 Å². The lowest BCUT2D eigenvalue weighted by molar-refractivity contribution is 0.102. The van der Waals surface area contributed by atoms with Gasteiger partial charge in [-0.25, -0.2) is 8.42 Å². The second-order valence-electron chi connectivity index (χ2n) is 6.94. The Balaban J connectivity index is 1.80. The number of ether oxygens (including phenoxy) is 1. The minimum absolute atomic E-state index is 0.0511. The molecule has 0 aliphatic heterocycles. The van der Waals surface area contributed by atoms with Crippen LogP contribution in [0.15, 0.2) is 59.5 Å². The van der Waals surface area contributed by atoms with Crippen LogP contribution < -0.4 is 19.7 Å². The van der Waals surface area contributed by atoms with E-state index in [2.05, 4.69) is 20.2 Å². The first-order valence-corrected chi connectivity index (χ1v) is 10.8. The SMILES string of the molecule is COc1ccc(NS(=O)(=O)c2cc(NC(=O)c3ccc(N(C)C)nn3)ccc2C)cc1. The zero-order valence-corrected chi connectivity index (χ0v) is 18.4. The minimum Gasteiger partial charge on any atom is -0.497 e. The topological polar surface area (TPSA) is 114 Å². The Morgan fingerprint density at radius 2 is 1.65 bits per heavy atom. The third-order valence-corrected chi connectivity index (χ3v) is 5.94. The van der Waals surface area contributed by atoms with Crippen molar-refractivity contribution < 1.29 is 17.9 Å². The summed E-state index contributed by atoms with van der Waals surface area (Å²) in [5, 5.41) is 10.5. The number of nitrogens with one attached hydrogen (secondary N) is 2. The van der Waals surface area contributed by atoms with E-state index in [4.69, 9.17) is 4.74 Å². The Morgan fingerprint density at radius 3 is 2.23 bits per heavy atom. The predicted molar refractivity (Wildman–Crippen MR) is 119 cm³/mol. The molecule has 3 rings (SSSR count). The van der Waals surface area contributed by atoms with Gasteiger partial charge in [-0.3, -0.25) is 9.52 Å². The molecule has 1 heterocycles. The first-order chi connectivity index (χ1) is 14.7. The molecule has 3 aromatic rings. The van der Waals surface area contributed by atoms with Crippen molar-refractivity contribution in [2.24, 2.45) is 0 Å². The number of benzene rings is 2. The second-order valence-corrected chi connectivity index (χ2v) is 8.59. The van der Waals surface area contributed by atoms with Gasteiger partial charge in [-0.15, -0.1) is 10.2 Å². The summed E-state index contributed by atoms with van der Waals surface area (Å²) in [5.74, 6) is 0.739. The molecule has 10 heteroatoms. The summed E-state index contributed by atoms with van der Waals surface area (Å²) >= 11 is 0. The normalized spacial score (nSPS) is 11.0. The fourth-order valence-electron chi connectivity index (χ4n) is 2.72. The zero-order valence-electron chi connectivity index (χ0n) is 17.6. The number of amides is 1. The van der Waals surface area contributed by atoms with E-state index in [9.17, 15) is 13.2 Å². The van der Waals surface area contributed by atoms with E-state index in [1.807, 2.05) is 14.1 Å². The van der Waals surface area contributed by atoms with Crippen LogP contribution >= 0.6 is 0 Å². The Labute approximate surface area is 181 Å². The van der Waals surface area contributed by atoms with Gasteiger partial charge in [0.2, 0.25) is 0 Å². The molecular weight excluding hydrogens is 418 g/mol. The van der Waals surface area contributed by atoms with Gasteiger partial charge in [-0.05, 0) is 61.0 Å². The van der Waals surface area contributed by atoms with E-state index in [1.165, 1.54) is 13.2 Å². The number of nitrogens with zero attached hydrogens (tertiary/aromatic N) is 3. The summed E-state index contributed by atoms with van der Waals surface area (Å²) in [6.07, 6.45) is 0. The maximum absolute atomic E-state index is 12.9. The molecule has 0 unspecified atom stereocenters. The molecule has 0 atom stereocenters. The van der Waals surface area contributed by atoms with Crippen LogP contribution in [0.4, 0.5) is 17.2 Å². The third kappa shape index (κ3) is 5.28. The number of hydrogen-bond acceptors (Lipinski definition) is 7. The fraction of sp³-hybridized carbons (Fsp3) is 0.190. The molecule has 1 amide bonds. The number of sulfonamides is 1. The van der Waals surface area contributed by atoms with E-state index >= 15 is 0 Å². The molecule has 9 nitrogen and oxygen atoms in total.